The molecule has 1 fully saturated rings. The van der Waals surface area contributed by atoms with Gasteiger partial charge >= 0.3 is 0 Å². The Morgan fingerprint density at radius 1 is 1.29 bits per heavy atom. The van der Waals surface area contributed by atoms with Crippen LogP contribution in [0.1, 0.15) is 40.5 Å². The van der Waals surface area contributed by atoms with Crippen LogP contribution in [0.2, 0.25) is 0 Å². The lowest BCUT2D eigenvalue weighted by atomic mass is 10.0. The molecule has 1 atom stereocenters. The molecule has 1 rings (SSSR count). The highest BCUT2D eigenvalue weighted by Gasteiger charge is 2.41. The summed E-state index contributed by atoms with van der Waals surface area (Å²) in [5.74, 6) is 0. The fourth-order valence-electron chi connectivity index (χ4n) is 1.86. The third kappa shape index (κ3) is 3.25. The number of likely N-dealkylation sites (N-methyl/N-ethyl adjacent to an activating group) is 1. The predicted octanol–water partition coefficient (Wildman–Crippen LogP) is 2.11. The van der Waals surface area contributed by atoms with Gasteiger partial charge in [0.1, 0.15) is 0 Å². The molecule has 0 radical (unpaired) electrons. The molecular weight excluding hydrogens is 172 g/mol. The molecule has 0 amide bonds. The largest absolute Gasteiger partial charge is 0.312 e. The summed E-state index contributed by atoms with van der Waals surface area (Å²) in [7, 11) is 0. The zero-order chi connectivity index (χ0) is 10.6. The van der Waals surface area contributed by atoms with E-state index in [1.807, 2.05) is 0 Å². The van der Waals surface area contributed by atoms with Gasteiger partial charge in [-0.25, -0.2) is 0 Å². The lowest BCUT2D eigenvalue weighted by Crippen LogP contribution is -2.39. The smallest absolute Gasteiger partial charge is 0.0107 e. The summed E-state index contributed by atoms with van der Waals surface area (Å²) in [6.07, 6.45) is 2.82. The second kappa shape index (κ2) is 5.13. The summed E-state index contributed by atoms with van der Waals surface area (Å²) in [6, 6.07) is 0.693. The molecule has 0 spiro atoms. The van der Waals surface area contributed by atoms with Gasteiger partial charge in [0.25, 0.3) is 0 Å². The summed E-state index contributed by atoms with van der Waals surface area (Å²) < 4.78 is 0. The van der Waals surface area contributed by atoms with Crippen LogP contribution in [-0.2, 0) is 0 Å². The molecule has 0 saturated heterocycles. The molecule has 2 nitrogen and oxygen atoms in total. The molecule has 1 aliphatic rings. The molecule has 0 aromatic rings. The molecule has 1 N–H and O–H groups in total. The SMILES string of the molecule is CCN(CC)CCNC(C)C1(C)CC1. The standard InChI is InChI=1S/C12H26N2/c1-5-14(6-2)10-9-13-11(3)12(4)7-8-12/h11,13H,5-10H2,1-4H3. The van der Waals surface area contributed by atoms with Crippen molar-refractivity contribution in [3.63, 3.8) is 0 Å². The topological polar surface area (TPSA) is 15.3 Å². The predicted molar refractivity (Wildman–Crippen MR) is 62.6 cm³/mol. The van der Waals surface area contributed by atoms with E-state index in [0.29, 0.717) is 11.5 Å². The van der Waals surface area contributed by atoms with E-state index in [-0.39, 0.29) is 0 Å². The molecule has 1 saturated carbocycles. The third-order valence-electron chi connectivity index (χ3n) is 3.86. The highest BCUT2D eigenvalue weighted by Crippen LogP contribution is 2.47. The van der Waals surface area contributed by atoms with Gasteiger partial charge in [0.15, 0.2) is 0 Å². The van der Waals surface area contributed by atoms with Gasteiger partial charge in [-0.15, -0.1) is 0 Å². The van der Waals surface area contributed by atoms with Crippen molar-refractivity contribution in [1.82, 2.24) is 10.2 Å². The average molecular weight is 198 g/mol. The second-order valence-electron chi connectivity index (χ2n) is 4.86. The van der Waals surface area contributed by atoms with Crippen LogP contribution in [0.15, 0.2) is 0 Å². The Hall–Kier alpha value is -0.0800. The van der Waals surface area contributed by atoms with Crippen LogP contribution < -0.4 is 5.32 Å². The second-order valence-corrected chi connectivity index (χ2v) is 4.86. The third-order valence-corrected chi connectivity index (χ3v) is 3.86. The van der Waals surface area contributed by atoms with Crippen molar-refractivity contribution in [2.45, 2.75) is 46.6 Å². The van der Waals surface area contributed by atoms with Gasteiger partial charge in [0.2, 0.25) is 0 Å². The fourth-order valence-corrected chi connectivity index (χ4v) is 1.86. The fraction of sp³-hybridized carbons (Fsp3) is 1.00. The first-order valence-electron chi connectivity index (χ1n) is 6.08. The van der Waals surface area contributed by atoms with Gasteiger partial charge in [-0.3, -0.25) is 0 Å². The first-order valence-corrected chi connectivity index (χ1v) is 6.08. The van der Waals surface area contributed by atoms with E-state index in [4.69, 9.17) is 0 Å². The lowest BCUT2D eigenvalue weighted by molar-refractivity contribution is 0.284. The zero-order valence-electron chi connectivity index (χ0n) is 10.3. The molecule has 1 aliphatic carbocycles. The van der Waals surface area contributed by atoms with Crippen molar-refractivity contribution in [3.8, 4) is 0 Å². The first kappa shape index (κ1) is 12.0. The Bertz CT molecular complexity index is 160. The van der Waals surface area contributed by atoms with Gasteiger partial charge in [0, 0.05) is 19.1 Å². The molecular formula is C12H26N2. The maximum atomic E-state index is 3.64. The summed E-state index contributed by atoms with van der Waals surface area (Å²) >= 11 is 0. The Balaban J connectivity index is 2.08. The number of hydrogen-bond donors (Lipinski definition) is 1. The van der Waals surface area contributed by atoms with E-state index >= 15 is 0 Å². The van der Waals surface area contributed by atoms with Crippen LogP contribution >= 0.6 is 0 Å². The van der Waals surface area contributed by atoms with Crippen LogP contribution in [0.3, 0.4) is 0 Å². The molecule has 0 aromatic carbocycles. The highest BCUT2D eigenvalue weighted by molar-refractivity contribution is 4.96. The van der Waals surface area contributed by atoms with Crippen LogP contribution in [0.5, 0.6) is 0 Å². The Morgan fingerprint density at radius 2 is 1.86 bits per heavy atom. The van der Waals surface area contributed by atoms with Crippen molar-refractivity contribution in [1.29, 1.82) is 0 Å². The summed E-state index contributed by atoms with van der Waals surface area (Å²) in [6.45, 7) is 13.8. The molecule has 0 heterocycles. The molecule has 0 aliphatic heterocycles. The minimum Gasteiger partial charge on any atom is -0.312 e. The van der Waals surface area contributed by atoms with Gasteiger partial charge in [-0.1, -0.05) is 20.8 Å². The van der Waals surface area contributed by atoms with E-state index in [2.05, 4.69) is 37.9 Å². The molecule has 0 bridgehead atoms. The van der Waals surface area contributed by atoms with Crippen molar-refractivity contribution in [3.05, 3.63) is 0 Å². The number of rotatable bonds is 7. The summed E-state index contributed by atoms with van der Waals surface area (Å²) in [5.41, 5.74) is 0.614. The van der Waals surface area contributed by atoms with Gasteiger partial charge in [-0.2, -0.15) is 0 Å². The van der Waals surface area contributed by atoms with E-state index < -0.39 is 0 Å². The summed E-state index contributed by atoms with van der Waals surface area (Å²) in [4.78, 5) is 2.47. The first-order chi connectivity index (χ1) is 6.62. The van der Waals surface area contributed by atoms with E-state index in [9.17, 15) is 0 Å². The minimum atomic E-state index is 0.614. The van der Waals surface area contributed by atoms with E-state index in [1.54, 1.807) is 0 Å². The number of nitrogens with zero attached hydrogens (tertiary/aromatic N) is 1. The quantitative estimate of drug-likeness (QED) is 0.674. The molecule has 84 valence electrons. The maximum Gasteiger partial charge on any atom is 0.0107 e. The van der Waals surface area contributed by atoms with E-state index in [0.717, 1.165) is 6.54 Å². The monoisotopic (exact) mass is 198 g/mol. The molecule has 2 heteroatoms. The van der Waals surface area contributed by atoms with E-state index in [1.165, 1.54) is 32.5 Å². The molecule has 1 unspecified atom stereocenters. The Kier molecular flexibility index (Phi) is 4.39. The normalized spacial score (nSPS) is 21.2. The van der Waals surface area contributed by atoms with Gasteiger partial charge in [0.05, 0.1) is 0 Å². The minimum absolute atomic E-state index is 0.614. The van der Waals surface area contributed by atoms with Crippen molar-refractivity contribution in [2.24, 2.45) is 5.41 Å². The summed E-state index contributed by atoms with van der Waals surface area (Å²) in [5, 5.41) is 3.64. The Labute approximate surface area is 89.1 Å². The maximum absolute atomic E-state index is 3.64. The number of nitrogens with one attached hydrogen (secondary N) is 1. The van der Waals surface area contributed by atoms with Crippen LogP contribution in [0, 0.1) is 5.41 Å². The number of hydrogen-bond acceptors (Lipinski definition) is 2. The van der Waals surface area contributed by atoms with Crippen LogP contribution in [-0.4, -0.2) is 37.1 Å². The molecule has 0 aromatic heterocycles. The van der Waals surface area contributed by atoms with Gasteiger partial charge < -0.3 is 10.2 Å². The zero-order valence-corrected chi connectivity index (χ0v) is 10.3. The van der Waals surface area contributed by atoms with Crippen molar-refractivity contribution >= 4 is 0 Å². The Morgan fingerprint density at radius 3 is 2.29 bits per heavy atom. The lowest BCUT2D eigenvalue weighted by Gasteiger charge is -2.23. The average Bonchev–Trinajstić information content (AvgIpc) is 2.92. The van der Waals surface area contributed by atoms with Crippen LogP contribution in [0.4, 0.5) is 0 Å². The van der Waals surface area contributed by atoms with Crippen LogP contribution in [0.25, 0.3) is 0 Å². The van der Waals surface area contributed by atoms with Crippen molar-refractivity contribution < 1.29 is 0 Å². The molecule has 14 heavy (non-hydrogen) atoms. The van der Waals surface area contributed by atoms with Crippen molar-refractivity contribution in [2.75, 3.05) is 26.2 Å². The highest BCUT2D eigenvalue weighted by atomic mass is 15.1. The van der Waals surface area contributed by atoms with Gasteiger partial charge in [-0.05, 0) is 38.3 Å².